The Morgan fingerprint density at radius 2 is 2.00 bits per heavy atom. The highest BCUT2D eigenvalue weighted by Crippen LogP contribution is 2.39. The van der Waals surface area contributed by atoms with Crippen molar-refractivity contribution in [2.45, 2.75) is 26.7 Å². The van der Waals surface area contributed by atoms with Gasteiger partial charge in [0, 0.05) is 11.6 Å². The Morgan fingerprint density at radius 3 is 2.78 bits per heavy atom. The summed E-state index contributed by atoms with van der Waals surface area (Å²) in [4.78, 5) is 16.2. The Kier molecular flexibility index (Phi) is 4.79. The number of carbonyl (C=O) groups is 1. The summed E-state index contributed by atoms with van der Waals surface area (Å²) in [7, 11) is 0. The number of nitrogens with zero attached hydrogens (tertiary/aromatic N) is 1. The molecule has 0 N–H and O–H groups in total. The summed E-state index contributed by atoms with van der Waals surface area (Å²) >= 11 is 0. The van der Waals surface area contributed by atoms with Crippen molar-refractivity contribution in [3.05, 3.63) is 36.5 Å². The minimum atomic E-state index is -0.0786. The fourth-order valence-electron chi connectivity index (χ4n) is 3.01. The SMILES string of the molecule is CC(C)C1CC(C(=O)OCCOc2ccnc3ccccc23)C1. The van der Waals surface area contributed by atoms with Gasteiger partial charge in [0.05, 0.1) is 11.4 Å². The topological polar surface area (TPSA) is 48.4 Å². The van der Waals surface area contributed by atoms with Crippen molar-refractivity contribution < 1.29 is 14.3 Å². The second-order valence-electron chi connectivity index (χ2n) is 6.51. The van der Waals surface area contributed by atoms with E-state index in [4.69, 9.17) is 9.47 Å². The zero-order valence-electron chi connectivity index (χ0n) is 13.7. The minimum absolute atomic E-state index is 0.0786. The maximum atomic E-state index is 11.9. The molecular weight excluding hydrogens is 290 g/mol. The first-order valence-electron chi connectivity index (χ1n) is 8.28. The highest BCUT2D eigenvalue weighted by atomic mass is 16.6. The van der Waals surface area contributed by atoms with Crippen molar-refractivity contribution in [2.24, 2.45) is 17.8 Å². The van der Waals surface area contributed by atoms with Crippen LogP contribution in [0.4, 0.5) is 0 Å². The summed E-state index contributed by atoms with van der Waals surface area (Å²) < 4.78 is 11.1. The summed E-state index contributed by atoms with van der Waals surface area (Å²) in [6.07, 6.45) is 3.66. The van der Waals surface area contributed by atoms with Gasteiger partial charge in [-0.3, -0.25) is 9.78 Å². The van der Waals surface area contributed by atoms with Gasteiger partial charge in [0.25, 0.3) is 0 Å². The van der Waals surface area contributed by atoms with Crippen LogP contribution in [0.2, 0.25) is 0 Å². The van der Waals surface area contributed by atoms with E-state index < -0.39 is 0 Å². The van der Waals surface area contributed by atoms with Crippen molar-refractivity contribution in [3.8, 4) is 5.75 Å². The number of esters is 1. The van der Waals surface area contributed by atoms with Gasteiger partial charge in [-0.25, -0.2) is 0 Å². The number of rotatable bonds is 6. The van der Waals surface area contributed by atoms with E-state index in [0.29, 0.717) is 25.0 Å². The molecule has 2 aromatic rings. The summed E-state index contributed by atoms with van der Waals surface area (Å²) in [5.41, 5.74) is 0.899. The molecule has 1 aliphatic rings. The van der Waals surface area contributed by atoms with Gasteiger partial charge in [-0.1, -0.05) is 26.0 Å². The molecule has 23 heavy (non-hydrogen) atoms. The average Bonchev–Trinajstić information content (AvgIpc) is 2.50. The van der Waals surface area contributed by atoms with Crippen LogP contribution >= 0.6 is 0 Å². The van der Waals surface area contributed by atoms with Gasteiger partial charge < -0.3 is 9.47 Å². The van der Waals surface area contributed by atoms with Crippen LogP contribution in [0.25, 0.3) is 10.9 Å². The summed E-state index contributed by atoms with van der Waals surface area (Å²) in [6.45, 7) is 5.07. The van der Waals surface area contributed by atoms with Gasteiger partial charge in [-0.15, -0.1) is 0 Å². The molecule has 1 heterocycles. The van der Waals surface area contributed by atoms with E-state index >= 15 is 0 Å². The fraction of sp³-hybridized carbons (Fsp3) is 0.474. The van der Waals surface area contributed by atoms with E-state index in [2.05, 4.69) is 18.8 Å². The third-order valence-corrected chi connectivity index (χ3v) is 4.64. The molecule has 1 saturated carbocycles. The minimum Gasteiger partial charge on any atom is -0.489 e. The number of carbonyl (C=O) groups excluding carboxylic acids is 1. The molecule has 4 nitrogen and oxygen atoms in total. The summed E-state index contributed by atoms with van der Waals surface area (Å²) in [6, 6.07) is 9.67. The van der Waals surface area contributed by atoms with Crippen LogP contribution < -0.4 is 4.74 Å². The fourth-order valence-corrected chi connectivity index (χ4v) is 3.01. The molecule has 1 aromatic carbocycles. The average molecular weight is 313 g/mol. The predicted molar refractivity (Wildman–Crippen MR) is 89.2 cm³/mol. The molecule has 1 aromatic heterocycles. The monoisotopic (exact) mass is 313 g/mol. The lowest BCUT2D eigenvalue weighted by molar-refractivity contribution is -0.154. The molecule has 0 amide bonds. The van der Waals surface area contributed by atoms with Gasteiger partial charge in [0.1, 0.15) is 19.0 Å². The van der Waals surface area contributed by atoms with Crippen molar-refractivity contribution in [1.82, 2.24) is 4.98 Å². The lowest BCUT2D eigenvalue weighted by Gasteiger charge is -2.36. The van der Waals surface area contributed by atoms with Crippen LogP contribution in [0.1, 0.15) is 26.7 Å². The third kappa shape index (κ3) is 3.63. The molecule has 0 atom stereocenters. The molecule has 1 aliphatic carbocycles. The Balaban J connectivity index is 1.44. The lowest BCUT2D eigenvalue weighted by atomic mass is 9.69. The molecule has 4 heteroatoms. The Hall–Kier alpha value is -2.10. The Morgan fingerprint density at radius 1 is 1.22 bits per heavy atom. The summed E-state index contributed by atoms with van der Waals surface area (Å²) in [5, 5.41) is 0.972. The van der Waals surface area contributed by atoms with E-state index in [-0.39, 0.29) is 11.9 Å². The van der Waals surface area contributed by atoms with Gasteiger partial charge in [-0.05, 0) is 42.9 Å². The smallest absolute Gasteiger partial charge is 0.309 e. The van der Waals surface area contributed by atoms with Crippen molar-refractivity contribution in [3.63, 3.8) is 0 Å². The van der Waals surface area contributed by atoms with Crippen LogP contribution in [0, 0.1) is 17.8 Å². The number of hydrogen-bond donors (Lipinski definition) is 0. The number of fused-ring (bicyclic) bond motifs is 1. The first-order valence-corrected chi connectivity index (χ1v) is 8.28. The van der Waals surface area contributed by atoms with Gasteiger partial charge in [0.15, 0.2) is 0 Å². The number of aromatic nitrogens is 1. The quantitative estimate of drug-likeness (QED) is 0.600. The highest BCUT2D eigenvalue weighted by molar-refractivity contribution is 5.84. The first-order chi connectivity index (χ1) is 11.1. The van der Waals surface area contributed by atoms with Gasteiger partial charge >= 0.3 is 5.97 Å². The highest BCUT2D eigenvalue weighted by Gasteiger charge is 2.36. The molecule has 0 aliphatic heterocycles. The maximum Gasteiger partial charge on any atom is 0.309 e. The van der Waals surface area contributed by atoms with Crippen LogP contribution in [0.3, 0.4) is 0 Å². The van der Waals surface area contributed by atoms with Crippen LogP contribution in [0.5, 0.6) is 5.75 Å². The molecule has 0 saturated heterocycles. The number of para-hydroxylation sites is 1. The zero-order valence-corrected chi connectivity index (χ0v) is 13.7. The van der Waals surface area contributed by atoms with E-state index in [1.807, 2.05) is 30.3 Å². The second-order valence-corrected chi connectivity index (χ2v) is 6.51. The van der Waals surface area contributed by atoms with Crippen molar-refractivity contribution in [1.29, 1.82) is 0 Å². The number of hydrogen-bond acceptors (Lipinski definition) is 4. The molecule has 0 radical (unpaired) electrons. The molecule has 0 unspecified atom stereocenters. The van der Waals surface area contributed by atoms with Crippen molar-refractivity contribution in [2.75, 3.05) is 13.2 Å². The normalized spacial score (nSPS) is 20.3. The van der Waals surface area contributed by atoms with Crippen LogP contribution in [-0.4, -0.2) is 24.2 Å². The lowest BCUT2D eigenvalue weighted by Crippen LogP contribution is -2.35. The molecule has 122 valence electrons. The summed E-state index contributed by atoms with van der Waals surface area (Å²) in [5.74, 6) is 2.11. The predicted octanol–water partition coefficient (Wildman–Crippen LogP) is 3.84. The van der Waals surface area contributed by atoms with E-state index in [1.54, 1.807) is 6.20 Å². The number of pyridine rings is 1. The first kappa shape index (κ1) is 15.8. The Bertz CT molecular complexity index is 672. The second kappa shape index (κ2) is 6.99. The zero-order chi connectivity index (χ0) is 16.2. The Labute approximate surface area is 136 Å². The van der Waals surface area contributed by atoms with Crippen molar-refractivity contribution >= 4 is 16.9 Å². The molecular formula is C19H23NO3. The third-order valence-electron chi connectivity index (χ3n) is 4.64. The van der Waals surface area contributed by atoms with E-state index in [0.717, 1.165) is 29.5 Å². The standard InChI is InChI=1S/C19H23NO3/c1-13(2)14-11-15(12-14)19(21)23-10-9-22-18-7-8-20-17-6-4-3-5-16(17)18/h3-8,13-15H,9-12H2,1-2H3. The largest absolute Gasteiger partial charge is 0.489 e. The van der Waals surface area contributed by atoms with Crippen LogP contribution in [-0.2, 0) is 9.53 Å². The van der Waals surface area contributed by atoms with E-state index in [9.17, 15) is 4.79 Å². The maximum absolute atomic E-state index is 11.9. The molecule has 1 fully saturated rings. The van der Waals surface area contributed by atoms with Gasteiger partial charge in [-0.2, -0.15) is 0 Å². The molecule has 3 rings (SSSR count). The van der Waals surface area contributed by atoms with Gasteiger partial charge in [0.2, 0.25) is 0 Å². The number of ether oxygens (including phenoxy) is 2. The molecule has 0 bridgehead atoms. The van der Waals surface area contributed by atoms with E-state index in [1.165, 1.54) is 0 Å². The molecule has 0 spiro atoms. The number of benzene rings is 1. The van der Waals surface area contributed by atoms with Crippen LogP contribution in [0.15, 0.2) is 36.5 Å².